The molecule has 0 aromatic rings. The number of nitrogens with one attached hydrogen (secondary N) is 1. The highest BCUT2D eigenvalue weighted by Gasteiger charge is 2.30. The Morgan fingerprint density at radius 3 is 2.06 bits per heavy atom. The Bertz CT molecular complexity index is 304. The minimum absolute atomic E-state index is 0.0744. The first kappa shape index (κ1) is 17.4. The molecule has 106 valence electrons. The fourth-order valence-corrected chi connectivity index (χ4v) is 1.09. The first-order chi connectivity index (χ1) is 7.97. The molecule has 1 atom stereocenters. The van der Waals surface area contributed by atoms with Gasteiger partial charge in [-0.1, -0.05) is 15.9 Å². The van der Waals surface area contributed by atoms with Crippen LogP contribution in [0.25, 0.3) is 0 Å². The highest BCUT2D eigenvalue weighted by molar-refractivity contribution is 9.10. The summed E-state index contributed by atoms with van der Waals surface area (Å²) >= 11 is 3.23. The summed E-state index contributed by atoms with van der Waals surface area (Å²) in [6, 6.07) is -0.807. The molecule has 0 heterocycles. The van der Waals surface area contributed by atoms with Crippen LogP contribution >= 0.6 is 15.9 Å². The molecule has 6 heteroatoms. The summed E-state index contributed by atoms with van der Waals surface area (Å²) in [5, 5.41) is 2.59. The summed E-state index contributed by atoms with van der Waals surface area (Å²) in [5.74, 6) is -0.820. The van der Waals surface area contributed by atoms with Crippen LogP contribution in [-0.2, 0) is 19.1 Å². The van der Waals surface area contributed by atoms with Crippen LogP contribution in [0.15, 0.2) is 0 Å². The second-order valence-electron chi connectivity index (χ2n) is 5.45. The van der Waals surface area contributed by atoms with Gasteiger partial charge in [0.15, 0.2) is 6.04 Å². The van der Waals surface area contributed by atoms with Crippen molar-refractivity contribution in [2.45, 2.75) is 50.6 Å². The van der Waals surface area contributed by atoms with Gasteiger partial charge in [-0.15, -0.1) is 0 Å². The molecule has 0 spiro atoms. The van der Waals surface area contributed by atoms with E-state index in [1.54, 1.807) is 13.8 Å². The Labute approximate surface area is 117 Å². The van der Waals surface area contributed by atoms with Crippen molar-refractivity contribution in [1.29, 1.82) is 0 Å². The number of amides is 1. The molecule has 1 amide bonds. The maximum atomic E-state index is 11.8. The third-order valence-electron chi connectivity index (χ3n) is 2.01. The van der Waals surface area contributed by atoms with E-state index < -0.39 is 16.3 Å². The van der Waals surface area contributed by atoms with E-state index in [1.165, 1.54) is 7.11 Å². The average molecular weight is 324 g/mol. The van der Waals surface area contributed by atoms with E-state index in [2.05, 4.69) is 26.0 Å². The van der Waals surface area contributed by atoms with Gasteiger partial charge >= 0.3 is 5.97 Å². The molecule has 0 fully saturated rings. The van der Waals surface area contributed by atoms with Gasteiger partial charge in [0.2, 0.25) is 5.91 Å². The molecule has 0 unspecified atom stereocenters. The topological polar surface area (TPSA) is 64.6 Å². The molecule has 0 saturated carbocycles. The number of methoxy groups -OCH3 is 1. The fourth-order valence-electron chi connectivity index (χ4n) is 0.974. The molecule has 0 radical (unpaired) electrons. The Morgan fingerprint density at radius 2 is 1.72 bits per heavy atom. The highest BCUT2D eigenvalue weighted by atomic mass is 79.9. The monoisotopic (exact) mass is 323 g/mol. The molecule has 0 aromatic heterocycles. The SMILES string of the molecule is COC(=O)[C@H](COC(C)(C)C)NC(=O)C(C)(C)Br. The molecule has 0 aromatic carbocycles. The number of hydrogen-bond acceptors (Lipinski definition) is 4. The van der Waals surface area contributed by atoms with Crippen molar-refractivity contribution >= 4 is 27.8 Å². The summed E-state index contributed by atoms with van der Waals surface area (Å²) in [7, 11) is 1.28. The van der Waals surface area contributed by atoms with Crippen LogP contribution < -0.4 is 5.32 Å². The lowest BCUT2D eigenvalue weighted by Crippen LogP contribution is -2.50. The lowest BCUT2D eigenvalue weighted by molar-refractivity contribution is -0.148. The van der Waals surface area contributed by atoms with Gasteiger partial charge in [0.25, 0.3) is 0 Å². The molecule has 0 rings (SSSR count). The van der Waals surface area contributed by atoms with Gasteiger partial charge in [-0.2, -0.15) is 0 Å². The van der Waals surface area contributed by atoms with Crippen molar-refractivity contribution in [3.63, 3.8) is 0 Å². The fraction of sp³-hybridized carbons (Fsp3) is 0.833. The van der Waals surface area contributed by atoms with Crippen molar-refractivity contribution in [2.75, 3.05) is 13.7 Å². The first-order valence-electron chi connectivity index (χ1n) is 5.69. The molecule has 0 bridgehead atoms. The number of ether oxygens (including phenoxy) is 2. The van der Waals surface area contributed by atoms with E-state index in [9.17, 15) is 9.59 Å². The molecule has 0 aliphatic heterocycles. The number of alkyl halides is 1. The summed E-state index contributed by atoms with van der Waals surface area (Å²) in [5.41, 5.74) is -0.388. The second kappa shape index (κ2) is 6.52. The van der Waals surface area contributed by atoms with Gasteiger partial charge in [-0.3, -0.25) is 4.79 Å². The lowest BCUT2D eigenvalue weighted by atomic mass is 10.1. The molecular formula is C12H22BrNO4. The second-order valence-corrected chi connectivity index (χ2v) is 7.43. The zero-order valence-corrected chi connectivity index (χ0v) is 13.4. The molecule has 0 saturated heterocycles. The van der Waals surface area contributed by atoms with E-state index in [0.717, 1.165) is 0 Å². The molecule has 0 aliphatic carbocycles. The Balaban J connectivity index is 4.61. The molecular weight excluding hydrogens is 302 g/mol. The van der Waals surface area contributed by atoms with Crippen LogP contribution in [0.1, 0.15) is 34.6 Å². The van der Waals surface area contributed by atoms with Gasteiger partial charge in [0.1, 0.15) is 0 Å². The van der Waals surface area contributed by atoms with Crippen LogP contribution in [0, 0.1) is 0 Å². The Hall–Kier alpha value is -0.620. The van der Waals surface area contributed by atoms with Crippen molar-refractivity contribution in [2.24, 2.45) is 0 Å². The average Bonchev–Trinajstić information content (AvgIpc) is 2.19. The van der Waals surface area contributed by atoms with E-state index in [1.807, 2.05) is 20.8 Å². The van der Waals surface area contributed by atoms with Gasteiger partial charge in [0, 0.05) is 0 Å². The zero-order valence-electron chi connectivity index (χ0n) is 11.8. The Kier molecular flexibility index (Phi) is 6.29. The maximum Gasteiger partial charge on any atom is 0.330 e. The number of hydrogen-bond donors (Lipinski definition) is 1. The molecule has 1 N–H and O–H groups in total. The molecule has 18 heavy (non-hydrogen) atoms. The molecule has 0 aliphatic rings. The standard InChI is InChI=1S/C12H22BrNO4/c1-11(2,3)18-7-8(9(15)17-6)14-10(16)12(4,5)13/h8H,7H2,1-6H3,(H,14,16)/t8-/m0/s1. The number of carbonyl (C=O) groups is 2. The van der Waals surface area contributed by atoms with Crippen LogP contribution in [0.4, 0.5) is 0 Å². The number of halogens is 1. The Morgan fingerprint density at radius 1 is 1.22 bits per heavy atom. The molecule has 5 nitrogen and oxygen atoms in total. The summed E-state index contributed by atoms with van der Waals surface area (Å²) in [6.45, 7) is 9.08. The van der Waals surface area contributed by atoms with Crippen molar-refractivity contribution < 1.29 is 19.1 Å². The summed E-state index contributed by atoms with van der Waals surface area (Å²) in [4.78, 5) is 23.4. The summed E-state index contributed by atoms with van der Waals surface area (Å²) in [6.07, 6.45) is 0. The third kappa shape index (κ3) is 6.96. The maximum absolute atomic E-state index is 11.8. The van der Waals surface area contributed by atoms with Gasteiger partial charge < -0.3 is 14.8 Å². The smallest absolute Gasteiger partial charge is 0.330 e. The van der Waals surface area contributed by atoms with Gasteiger partial charge in [-0.05, 0) is 34.6 Å². The van der Waals surface area contributed by atoms with Gasteiger partial charge in [0.05, 0.1) is 23.6 Å². The van der Waals surface area contributed by atoms with Crippen LogP contribution in [0.3, 0.4) is 0 Å². The minimum atomic E-state index is -0.807. The van der Waals surface area contributed by atoms with E-state index in [4.69, 9.17) is 4.74 Å². The predicted molar refractivity (Wildman–Crippen MR) is 72.7 cm³/mol. The third-order valence-corrected chi connectivity index (χ3v) is 2.37. The van der Waals surface area contributed by atoms with Gasteiger partial charge in [-0.25, -0.2) is 4.79 Å². The van der Waals surface area contributed by atoms with Crippen molar-refractivity contribution in [3.8, 4) is 0 Å². The predicted octanol–water partition coefficient (Wildman–Crippen LogP) is 1.63. The largest absolute Gasteiger partial charge is 0.467 e. The minimum Gasteiger partial charge on any atom is -0.467 e. The van der Waals surface area contributed by atoms with E-state index in [0.29, 0.717) is 0 Å². The number of rotatable bonds is 5. The van der Waals surface area contributed by atoms with Crippen LogP contribution in [-0.4, -0.2) is 41.6 Å². The lowest BCUT2D eigenvalue weighted by Gasteiger charge is -2.25. The van der Waals surface area contributed by atoms with E-state index >= 15 is 0 Å². The number of carbonyl (C=O) groups excluding carboxylic acids is 2. The van der Waals surface area contributed by atoms with Crippen LogP contribution in [0.5, 0.6) is 0 Å². The van der Waals surface area contributed by atoms with Crippen molar-refractivity contribution in [1.82, 2.24) is 5.32 Å². The van der Waals surface area contributed by atoms with Crippen LogP contribution in [0.2, 0.25) is 0 Å². The highest BCUT2D eigenvalue weighted by Crippen LogP contribution is 2.16. The quantitative estimate of drug-likeness (QED) is 0.617. The zero-order chi connectivity index (χ0) is 14.6. The van der Waals surface area contributed by atoms with E-state index in [-0.39, 0.29) is 18.1 Å². The number of esters is 1. The van der Waals surface area contributed by atoms with Crippen molar-refractivity contribution in [3.05, 3.63) is 0 Å². The first-order valence-corrected chi connectivity index (χ1v) is 6.48. The normalized spacial score (nSPS) is 13.9. The summed E-state index contributed by atoms with van der Waals surface area (Å²) < 4.78 is 9.39.